The van der Waals surface area contributed by atoms with E-state index in [1.54, 1.807) is 0 Å². The summed E-state index contributed by atoms with van der Waals surface area (Å²) in [6.07, 6.45) is 0. The molecule has 4 nitrogen and oxygen atoms in total. The molecule has 0 heterocycles. The molecule has 0 aliphatic carbocycles. The number of amides is 1. The molecular formula is C11H13NO3S. The van der Waals surface area contributed by atoms with Crippen molar-refractivity contribution in [3.63, 3.8) is 0 Å². The first-order valence-electron chi connectivity index (χ1n) is 4.76. The standard InChI is InChI=1S/C11H13NO3S/c1-9(13)12(7-11(14)15)16-8-10-5-3-2-4-6-10/h2-6H,7-8H2,1H3,(H,14,15). The maximum Gasteiger partial charge on any atom is 0.324 e. The molecule has 0 aliphatic rings. The Bertz CT molecular complexity index is 367. The molecule has 1 N–H and O–H groups in total. The Labute approximate surface area is 98.4 Å². The molecule has 86 valence electrons. The Morgan fingerprint density at radius 1 is 1.31 bits per heavy atom. The van der Waals surface area contributed by atoms with Crippen LogP contribution in [0.25, 0.3) is 0 Å². The molecule has 1 rings (SSSR count). The van der Waals surface area contributed by atoms with Gasteiger partial charge in [0, 0.05) is 12.7 Å². The van der Waals surface area contributed by atoms with Gasteiger partial charge in [-0.25, -0.2) is 0 Å². The molecule has 0 aliphatic heterocycles. The number of carbonyl (C=O) groups is 2. The average molecular weight is 239 g/mol. The maximum absolute atomic E-state index is 11.1. The molecule has 0 radical (unpaired) electrons. The Hall–Kier alpha value is -1.49. The van der Waals surface area contributed by atoms with Crippen LogP contribution in [-0.2, 0) is 15.3 Å². The normalized spacial score (nSPS) is 9.81. The summed E-state index contributed by atoms with van der Waals surface area (Å²) in [6.45, 7) is 1.09. The average Bonchev–Trinajstić information content (AvgIpc) is 2.25. The highest BCUT2D eigenvalue weighted by molar-refractivity contribution is 7.96. The molecule has 0 aromatic heterocycles. The lowest BCUT2D eigenvalue weighted by molar-refractivity contribution is -0.140. The molecule has 0 unspecified atom stereocenters. The van der Waals surface area contributed by atoms with Gasteiger partial charge in [-0.15, -0.1) is 0 Å². The van der Waals surface area contributed by atoms with E-state index in [-0.39, 0.29) is 12.5 Å². The molecule has 0 atom stereocenters. The van der Waals surface area contributed by atoms with Gasteiger partial charge in [-0.1, -0.05) is 30.3 Å². The molecule has 1 amide bonds. The molecule has 0 saturated carbocycles. The number of rotatable bonds is 5. The molecular weight excluding hydrogens is 226 g/mol. The zero-order chi connectivity index (χ0) is 12.0. The smallest absolute Gasteiger partial charge is 0.324 e. The van der Waals surface area contributed by atoms with E-state index < -0.39 is 5.97 Å². The summed E-state index contributed by atoms with van der Waals surface area (Å²) in [6, 6.07) is 9.60. The Kier molecular flexibility index (Phi) is 4.85. The van der Waals surface area contributed by atoms with Gasteiger partial charge in [-0.3, -0.25) is 13.9 Å². The van der Waals surface area contributed by atoms with Crippen LogP contribution < -0.4 is 0 Å². The van der Waals surface area contributed by atoms with Crippen LogP contribution in [0.15, 0.2) is 30.3 Å². The van der Waals surface area contributed by atoms with E-state index in [0.29, 0.717) is 5.75 Å². The molecule has 0 spiro atoms. The van der Waals surface area contributed by atoms with Gasteiger partial charge >= 0.3 is 5.97 Å². The molecule has 0 fully saturated rings. The van der Waals surface area contributed by atoms with Crippen molar-refractivity contribution in [1.82, 2.24) is 4.31 Å². The van der Waals surface area contributed by atoms with Gasteiger partial charge in [0.2, 0.25) is 5.91 Å². The van der Waals surface area contributed by atoms with Crippen LogP contribution in [0.3, 0.4) is 0 Å². The third kappa shape index (κ3) is 4.35. The zero-order valence-corrected chi connectivity index (χ0v) is 9.74. The van der Waals surface area contributed by atoms with E-state index in [9.17, 15) is 9.59 Å². The van der Waals surface area contributed by atoms with Crippen molar-refractivity contribution >= 4 is 23.8 Å². The van der Waals surface area contributed by atoms with Crippen LogP contribution in [-0.4, -0.2) is 27.8 Å². The van der Waals surface area contributed by atoms with E-state index in [1.165, 1.54) is 23.2 Å². The largest absolute Gasteiger partial charge is 0.480 e. The summed E-state index contributed by atoms with van der Waals surface area (Å²) < 4.78 is 1.25. The molecule has 1 aromatic carbocycles. The predicted octanol–water partition coefficient (Wildman–Crippen LogP) is 1.77. The number of carboxylic acid groups (broad SMARTS) is 1. The second kappa shape index (κ2) is 6.17. The monoisotopic (exact) mass is 239 g/mol. The van der Waals surface area contributed by atoms with Crippen molar-refractivity contribution in [1.29, 1.82) is 0 Å². The summed E-state index contributed by atoms with van der Waals surface area (Å²) >= 11 is 1.21. The SMILES string of the molecule is CC(=O)N(CC(=O)O)SCc1ccccc1. The second-order valence-corrected chi connectivity index (χ2v) is 4.20. The lowest BCUT2D eigenvalue weighted by Crippen LogP contribution is -2.27. The fourth-order valence-electron chi connectivity index (χ4n) is 1.10. The van der Waals surface area contributed by atoms with E-state index >= 15 is 0 Å². The quantitative estimate of drug-likeness (QED) is 0.795. The van der Waals surface area contributed by atoms with Crippen LogP contribution in [0.1, 0.15) is 12.5 Å². The molecule has 5 heteroatoms. The first-order valence-corrected chi connectivity index (χ1v) is 5.70. The number of aliphatic carboxylic acids is 1. The number of hydrogen-bond acceptors (Lipinski definition) is 3. The van der Waals surface area contributed by atoms with Gasteiger partial charge in [0.05, 0.1) is 0 Å². The Morgan fingerprint density at radius 2 is 1.94 bits per heavy atom. The van der Waals surface area contributed by atoms with Crippen LogP contribution in [0.4, 0.5) is 0 Å². The fourth-order valence-corrected chi connectivity index (χ4v) is 1.98. The van der Waals surface area contributed by atoms with Crippen molar-refractivity contribution in [2.24, 2.45) is 0 Å². The third-order valence-electron chi connectivity index (χ3n) is 1.86. The number of carbonyl (C=O) groups excluding carboxylic acids is 1. The summed E-state index contributed by atoms with van der Waals surface area (Å²) in [4.78, 5) is 21.7. The predicted molar refractivity (Wildman–Crippen MR) is 62.8 cm³/mol. The minimum atomic E-state index is -1.00. The van der Waals surface area contributed by atoms with Crippen LogP contribution in [0.2, 0.25) is 0 Å². The summed E-state index contributed by atoms with van der Waals surface area (Å²) in [5.74, 6) is -0.660. The van der Waals surface area contributed by atoms with Gasteiger partial charge in [0.25, 0.3) is 0 Å². The molecule has 0 bridgehead atoms. The van der Waals surface area contributed by atoms with Crippen LogP contribution >= 0.6 is 11.9 Å². The highest BCUT2D eigenvalue weighted by atomic mass is 32.2. The van der Waals surface area contributed by atoms with Crippen LogP contribution in [0.5, 0.6) is 0 Å². The number of benzene rings is 1. The van der Waals surface area contributed by atoms with E-state index in [2.05, 4.69) is 0 Å². The van der Waals surface area contributed by atoms with Crippen molar-refractivity contribution in [2.75, 3.05) is 6.54 Å². The maximum atomic E-state index is 11.1. The van der Waals surface area contributed by atoms with Gasteiger partial charge in [0.15, 0.2) is 0 Å². The first kappa shape index (κ1) is 12.6. The van der Waals surface area contributed by atoms with Gasteiger partial charge in [-0.05, 0) is 17.5 Å². The molecule has 16 heavy (non-hydrogen) atoms. The number of nitrogens with zero attached hydrogens (tertiary/aromatic N) is 1. The van der Waals surface area contributed by atoms with Crippen LogP contribution in [0, 0.1) is 0 Å². The minimum Gasteiger partial charge on any atom is -0.480 e. The summed E-state index contributed by atoms with van der Waals surface area (Å²) in [5, 5.41) is 8.62. The van der Waals surface area contributed by atoms with Crippen molar-refractivity contribution in [2.45, 2.75) is 12.7 Å². The van der Waals surface area contributed by atoms with Gasteiger partial charge in [0.1, 0.15) is 6.54 Å². The molecule has 1 aromatic rings. The number of hydrogen-bond donors (Lipinski definition) is 1. The highest BCUT2D eigenvalue weighted by Crippen LogP contribution is 2.16. The molecule has 0 saturated heterocycles. The Balaban J connectivity index is 2.50. The first-order chi connectivity index (χ1) is 7.59. The van der Waals surface area contributed by atoms with Crippen molar-refractivity contribution in [3.8, 4) is 0 Å². The van der Waals surface area contributed by atoms with Gasteiger partial charge in [-0.2, -0.15) is 0 Å². The second-order valence-electron chi connectivity index (χ2n) is 3.21. The zero-order valence-electron chi connectivity index (χ0n) is 8.92. The Morgan fingerprint density at radius 3 is 2.44 bits per heavy atom. The van der Waals surface area contributed by atoms with E-state index in [0.717, 1.165) is 5.56 Å². The third-order valence-corrected chi connectivity index (χ3v) is 3.02. The van der Waals surface area contributed by atoms with Crippen molar-refractivity contribution < 1.29 is 14.7 Å². The summed E-state index contributed by atoms with van der Waals surface area (Å²) in [5.41, 5.74) is 1.06. The van der Waals surface area contributed by atoms with Gasteiger partial charge < -0.3 is 5.11 Å². The highest BCUT2D eigenvalue weighted by Gasteiger charge is 2.13. The topological polar surface area (TPSA) is 57.6 Å². The lowest BCUT2D eigenvalue weighted by Gasteiger charge is -2.16. The lowest BCUT2D eigenvalue weighted by atomic mass is 10.2. The number of carboxylic acids is 1. The van der Waals surface area contributed by atoms with E-state index in [1.807, 2.05) is 30.3 Å². The summed E-state index contributed by atoms with van der Waals surface area (Å²) in [7, 11) is 0. The minimum absolute atomic E-state index is 0.247. The fraction of sp³-hybridized carbons (Fsp3) is 0.273. The van der Waals surface area contributed by atoms with Crippen molar-refractivity contribution in [3.05, 3.63) is 35.9 Å². The van der Waals surface area contributed by atoms with E-state index in [4.69, 9.17) is 5.11 Å².